The summed E-state index contributed by atoms with van der Waals surface area (Å²) in [5.41, 5.74) is 5.36. The molecule has 55 heavy (non-hydrogen) atoms. The predicted octanol–water partition coefficient (Wildman–Crippen LogP) is 12.8. The topological polar surface area (TPSA) is 155 Å². The predicted molar refractivity (Wildman–Crippen MR) is 226 cm³/mol. The Balaban J connectivity index is 4.15. The fraction of sp³-hybridized carbons (Fsp3) is 0.955. The zero-order valence-corrected chi connectivity index (χ0v) is 36.7. The Hall–Kier alpha value is -1.03. The van der Waals surface area contributed by atoms with E-state index in [0.29, 0.717) is 6.61 Å². The quantitative estimate of drug-likeness (QED) is 0.0308. The molecule has 3 unspecified atom stereocenters. The van der Waals surface area contributed by atoms with Gasteiger partial charge in [-0.25, -0.2) is 4.57 Å². The second kappa shape index (κ2) is 41.1. The summed E-state index contributed by atoms with van der Waals surface area (Å²) >= 11 is 0. The molecule has 4 N–H and O–H groups in total. The van der Waals surface area contributed by atoms with Gasteiger partial charge in [0.2, 0.25) is 0 Å². The molecular weight excluding hydrogens is 717 g/mol. The SMILES string of the molecule is CCCCCCCCCCCCCCCCCCCOCC(COP(=O)(O)OCC(N)C(=O)O)OC(=O)CCCCCCCCCCCCCCCCCC. The smallest absolute Gasteiger partial charge is 0.472 e. The van der Waals surface area contributed by atoms with Gasteiger partial charge in [0, 0.05) is 13.0 Å². The molecule has 0 fully saturated rings. The van der Waals surface area contributed by atoms with E-state index in [1.165, 1.54) is 173 Å². The maximum atomic E-state index is 12.6. The number of unbranched alkanes of at least 4 members (excludes halogenated alkanes) is 31. The van der Waals surface area contributed by atoms with E-state index in [1.807, 2.05) is 0 Å². The van der Waals surface area contributed by atoms with Crippen LogP contribution in [0.2, 0.25) is 0 Å². The Morgan fingerprint density at radius 1 is 0.509 bits per heavy atom. The van der Waals surface area contributed by atoms with Gasteiger partial charge in [-0.1, -0.05) is 213 Å². The van der Waals surface area contributed by atoms with Crippen molar-refractivity contribution in [2.75, 3.05) is 26.4 Å². The molecule has 10 nitrogen and oxygen atoms in total. The number of phosphoric acid groups is 1. The number of hydrogen-bond acceptors (Lipinski definition) is 8. The highest BCUT2D eigenvalue weighted by atomic mass is 31.2. The van der Waals surface area contributed by atoms with Gasteiger partial charge in [0.05, 0.1) is 19.8 Å². The van der Waals surface area contributed by atoms with E-state index >= 15 is 0 Å². The van der Waals surface area contributed by atoms with Crippen molar-refractivity contribution in [3.63, 3.8) is 0 Å². The van der Waals surface area contributed by atoms with Crippen LogP contribution in [0.4, 0.5) is 0 Å². The van der Waals surface area contributed by atoms with Crippen molar-refractivity contribution < 1.29 is 42.7 Å². The van der Waals surface area contributed by atoms with Gasteiger partial charge in [-0.15, -0.1) is 0 Å². The van der Waals surface area contributed by atoms with Crippen molar-refractivity contribution in [2.45, 2.75) is 244 Å². The lowest BCUT2D eigenvalue weighted by atomic mass is 10.0. The highest BCUT2D eigenvalue weighted by molar-refractivity contribution is 7.47. The van der Waals surface area contributed by atoms with Gasteiger partial charge in [0.1, 0.15) is 12.1 Å². The number of ether oxygens (including phenoxy) is 2. The molecule has 0 heterocycles. The number of carboxylic acids is 1. The van der Waals surface area contributed by atoms with Crippen molar-refractivity contribution in [3.05, 3.63) is 0 Å². The molecular formula is C44H88NO9P. The largest absolute Gasteiger partial charge is 0.480 e. The second-order valence-corrected chi connectivity index (χ2v) is 17.4. The Morgan fingerprint density at radius 3 is 1.20 bits per heavy atom. The van der Waals surface area contributed by atoms with E-state index < -0.39 is 45.1 Å². The molecule has 0 saturated carbocycles. The number of nitrogens with two attached hydrogens (primary N) is 1. The van der Waals surface area contributed by atoms with Crippen LogP contribution in [0, 0.1) is 0 Å². The number of rotatable bonds is 45. The zero-order chi connectivity index (χ0) is 40.5. The minimum Gasteiger partial charge on any atom is -0.480 e. The number of hydrogen-bond donors (Lipinski definition) is 3. The Labute approximate surface area is 338 Å². The van der Waals surface area contributed by atoms with Crippen molar-refractivity contribution >= 4 is 19.8 Å². The van der Waals surface area contributed by atoms with E-state index in [1.54, 1.807) is 0 Å². The Kier molecular flexibility index (Phi) is 40.4. The van der Waals surface area contributed by atoms with Gasteiger partial charge in [-0.05, 0) is 12.8 Å². The van der Waals surface area contributed by atoms with E-state index in [2.05, 4.69) is 13.8 Å². The first-order valence-corrected chi connectivity index (χ1v) is 24.6. The Morgan fingerprint density at radius 2 is 0.836 bits per heavy atom. The first kappa shape index (κ1) is 54.0. The zero-order valence-electron chi connectivity index (χ0n) is 35.8. The molecule has 0 aliphatic rings. The number of esters is 1. The molecule has 0 aromatic heterocycles. The highest BCUT2D eigenvalue weighted by Crippen LogP contribution is 2.43. The number of aliphatic carboxylic acids is 1. The lowest BCUT2D eigenvalue weighted by Gasteiger charge is -2.20. The molecule has 328 valence electrons. The molecule has 0 aromatic carbocycles. The molecule has 0 bridgehead atoms. The molecule has 0 aliphatic heterocycles. The average molecular weight is 806 g/mol. The van der Waals surface area contributed by atoms with Gasteiger partial charge >= 0.3 is 19.8 Å². The van der Waals surface area contributed by atoms with Crippen LogP contribution in [0.25, 0.3) is 0 Å². The number of carbonyl (C=O) groups is 2. The normalized spacial score (nSPS) is 13.8. The minimum atomic E-state index is -4.61. The lowest BCUT2D eigenvalue weighted by molar-refractivity contribution is -0.154. The highest BCUT2D eigenvalue weighted by Gasteiger charge is 2.27. The summed E-state index contributed by atoms with van der Waals surface area (Å²) in [6.45, 7) is 3.94. The molecule has 0 rings (SSSR count). The molecule has 0 saturated heterocycles. The summed E-state index contributed by atoms with van der Waals surface area (Å²) in [4.78, 5) is 33.6. The third-order valence-corrected chi connectivity index (χ3v) is 11.3. The maximum absolute atomic E-state index is 12.6. The fourth-order valence-electron chi connectivity index (χ4n) is 6.78. The van der Waals surface area contributed by atoms with Gasteiger partial charge in [0.25, 0.3) is 0 Å². The maximum Gasteiger partial charge on any atom is 0.472 e. The molecule has 0 aromatic rings. The summed E-state index contributed by atoms with van der Waals surface area (Å²) in [7, 11) is -4.61. The Bertz CT molecular complexity index is 893. The fourth-order valence-corrected chi connectivity index (χ4v) is 7.56. The van der Waals surface area contributed by atoms with Crippen molar-refractivity contribution in [2.24, 2.45) is 5.73 Å². The van der Waals surface area contributed by atoms with Crippen LogP contribution < -0.4 is 5.73 Å². The third kappa shape index (κ3) is 40.9. The van der Waals surface area contributed by atoms with E-state index in [9.17, 15) is 19.0 Å². The molecule has 11 heteroatoms. The molecule has 0 amide bonds. The van der Waals surface area contributed by atoms with Gasteiger partial charge in [0.15, 0.2) is 0 Å². The summed E-state index contributed by atoms with van der Waals surface area (Å²) in [5, 5.41) is 8.90. The van der Waals surface area contributed by atoms with Crippen LogP contribution in [0.15, 0.2) is 0 Å². The average Bonchev–Trinajstić information content (AvgIpc) is 3.16. The van der Waals surface area contributed by atoms with Crippen LogP contribution in [0.3, 0.4) is 0 Å². The number of carbonyl (C=O) groups excluding carboxylic acids is 1. The van der Waals surface area contributed by atoms with Crippen molar-refractivity contribution in [1.82, 2.24) is 0 Å². The molecule has 3 atom stereocenters. The van der Waals surface area contributed by atoms with E-state index in [4.69, 9.17) is 29.4 Å². The summed E-state index contributed by atoms with van der Waals surface area (Å²) in [5.74, 6) is -1.76. The summed E-state index contributed by atoms with van der Waals surface area (Å²) < 4.78 is 33.4. The molecule has 0 radical (unpaired) electrons. The van der Waals surface area contributed by atoms with Crippen molar-refractivity contribution in [1.29, 1.82) is 0 Å². The lowest BCUT2D eigenvalue weighted by Crippen LogP contribution is -2.34. The van der Waals surface area contributed by atoms with Crippen LogP contribution in [0.5, 0.6) is 0 Å². The monoisotopic (exact) mass is 806 g/mol. The molecule has 0 aliphatic carbocycles. The summed E-state index contributed by atoms with van der Waals surface area (Å²) in [6, 6.07) is -1.47. The minimum absolute atomic E-state index is 0.0260. The number of carboxylic acid groups (broad SMARTS) is 1. The second-order valence-electron chi connectivity index (χ2n) is 15.9. The number of phosphoric ester groups is 1. The van der Waals surface area contributed by atoms with Crippen molar-refractivity contribution in [3.8, 4) is 0 Å². The summed E-state index contributed by atoms with van der Waals surface area (Å²) in [6.07, 6.45) is 41.5. The van der Waals surface area contributed by atoms with E-state index in [0.717, 1.165) is 38.5 Å². The van der Waals surface area contributed by atoms with Crippen LogP contribution in [-0.4, -0.2) is 60.5 Å². The van der Waals surface area contributed by atoms with Crippen LogP contribution >= 0.6 is 7.82 Å². The molecule has 0 spiro atoms. The first-order chi connectivity index (χ1) is 26.7. The van der Waals surface area contributed by atoms with Gasteiger partial charge in [-0.2, -0.15) is 0 Å². The van der Waals surface area contributed by atoms with Gasteiger partial charge in [-0.3, -0.25) is 18.6 Å². The van der Waals surface area contributed by atoms with Gasteiger partial charge < -0.3 is 25.2 Å². The van der Waals surface area contributed by atoms with Crippen LogP contribution in [0.1, 0.15) is 232 Å². The standard InChI is InChI=1S/C44H88NO9P/c1-3-5-7-9-11-13-15-17-19-21-23-25-27-29-31-33-35-37-51-38-41(39-52-55(49,50)53-40-42(45)44(47)48)54-43(46)36-34-32-30-28-26-24-22-20-18-16-14-12-10-8-6-4-2/h41-42H,3-40,45H2,1-2H3,(H,47,48)(H,49,50). The van der Waals surface area contributed by atoms with E-state index in [-0.39, 0.29) is 13.0 Å². The third-order valence-electron chi connectivity index (χ3n) is 10.4. The first-order valence-electron chi connectivity index (χ1n) is 23.1. The van der Waals surface area contributed by atoms with Crippen LogP contribution in [-0.2, 0) is 32.7 Å².